The Hall–Kier alpha value is -0.880. The summed E-state index contributed by atoms with van der Waals surface area (Å²) in [6, 6.07) is 0. The normalized spacial score (nSPS) is 50.8. The van der Waals surface area contributed by atoms with Crippen LogP contribution in [0.5, 0.6) is 0 Å². The van der Waals surface area contributed by atoms with Crippen LogP contribution >= 0.6 is 0 Å². The highest BCUT2D eigenvalue weighted by Gasteiger charge is 2.55. The monoisotopic (exact) mass is 1690 g/mol. The van der Waals surface area contributed by atoms with Gasteiger partial charge in [0.15, 0.2) is 62.9 Å². The maximum absolute atomic E-state index is 10.6. The van der Waals surface area contributed by atoms with Crippen molar-refractivity contribution in [3.05, 3.63) is 0 Å². The summed E-state index contributed by atoms with van der Waals surface area (Å²) < 4.78 is 126. The second kappa shape index (κ2) is 48.0. The van der Waals surface area contributed by atoms with Gasteiger partial charge in [0.05, 0.1) is 85.5 Å². The van der Waals surface area contributed by atoms with Crippen LogP contribution < -0.4 is 0 Å². The van der Waals surface area contributed by atoms with Gasteiger partial charge in [0.1, 0.15) is 24.4 Å². The standard InChI is InChI=1S/2C29H54O6.2C19H36O5/c1-12-22-16(5)15(4)19(8)28(32-22)35-26-18(7)17(6)23(13-2)33-29(26)34-25-20(9)24(14-3)31-27(30-11)21(25)10;1-12-22-16(5)15(4)17(6)28(32-22)34-26-19(8)24(14-3)33-29(21(26)10)35-25-18(7)23(13-2)31-27(30-11)20(25)9;1-8-14-10(3)12(5)16(20)18(22-14)24-17-13(6)11(4)15(9-2)23-19(17)21-7;1-8-14-10(3)11(4)17(19(21-7)23-14)24-18-13(6)16(20)12(5)15(9-2)22-18/h2*15-29H,12-14H2,1-11H3;2*10-20H,8-9H2,1-7H3/t15-,16-,17-,18-,19?,20+,21?,22?,23?,24?,25-,26?,27-,28+,29+;15-,16-,17?,18+,19+,20?,21?,22?,23?,24?,25-,26-,27-,28+,29+;10-,11-,12-,13-,14?,15?,16?,17?,18+,19-;10-,11-,12+,13?,14?,15?,16-,17?,18-,19-/m0000/s1. The van der Waals surface area contributed by atoms with Gasteiger partial charge in [-0.3, -0.25) is 0 Å². The molecule has 0 aromatic heterocycles. The number of ether oxygens (including phenoxy) is 20. The molecule has 118 heavy (non-hydrogen) atoms. The smallest absolute Gasteiger partial charge is 0.184 e. The minimum atomic E-state index is -0.633. The lowest BCUT2D eigenvalue weighted by molar-refractivity contribution is -0.360. The van der Waals surface area contributed by atoms with E-state index in [1.165, 1.54) is 0 Å². The fourth-order valence-corrected chi connectivity index (χ4v) is 21.8. The topological polar surface area (TPSA) is 225 Å². The molecule has 22 heteroatoms. The third-order valence-electron chi connectivity index (χ3n) is 32.2. The van der Waals surface area contributed by atoms with Crippen LogP contribution in [0.4, 0.5) is 0 Å². The average Bonchev–Trinajstić information content (AvgIpc) is 0.761. The number of hydrogen-bond acceptors (Lipinski definition) is 22. The van der Waals surface area contributed by atoms with Gasteiger partial charge in [0.25, 0.3) is 0 Å². The summed E-state index contributed by atoms with van der Waals surface area (Å²) in [5, 5.41) is 21.2. The summed E-state index contributed by atoms with van der Waals surface area (Å²) in [6.07, 6.45) is 5.44. The quantitative estimate of drug-likeness (QED) is 0.0821. The summed E-state index contributed by atoms with van der Waals surface area (Å²) >= 11 is 0. The molecule has 10 heterocycles. The molecule has 0 aromatic rings. The molecule has 22 nitrogen and oxygen atoms in total. The minimum Gasteiger partial charge on any atom is -0.392 e. The molecule has 10 aliphatic heterocycles. The number of rotatable bonds is 26. The fraction of sp³-hybridized carbons (Fsp3) is 1.00. The highest BCUT2D eigenvalue weighted by molar-refractivity contribution is 4.97. The van der Waals surface area contributed by atoms with E-state index in [2.05, 4.69) is 208 Å². The van der Waals surface area contributed by atoms with Gasteiger partial charge in [-0.1, -0.05) is 222 Å². The van der Waals surface area contributed by atoms with E-state index in [1.807, 2.05) is 13.8 Å². The molecule has 10 aliphatic rings. The van der Waals surface area contributed by atoms with Crippen LogP contribution in [0.15, 0.2) is 0 Å². The predicted molar refractivity (Wildman–Crippen MR) is 460 cm³/mol. The van der Waals surface area contributed by atoms with Crippen LogP contribution in [0.25, 0.3) is 0 Å². The van der Waals surface area contributed by atoms with Gasteiger partial charge in [0.2, 0.25) is 0 Å². The van der Waals surface area contributed by atoms with Gasteiger partial charge < -0.3 is 105 Å². The van der Waals surface area contributed by atoms with Gasteiger partial charge in [-0.15, -0.1) is 0 Å². The second-order valence-corrected chi connectivity index (χ2v) is 38.9. The van der Waals surface area contributed by atoms with E-state index in [0.717, 1.165) is 64.2 Å². The molecule has 696 valence electrons. The van der Waals surface area contributed by atoms with Crippen LogP contribution in [0.2, 0.25) is 0 Å². The molecular formula is C96H180O22. The van der Waals surface area contributed by atoms with E-state index in [9.17, 15) is 10.2 Å². The first-order chi connectivity index (χ1) is 55.9. The van der Waals surface area contributed by atoms with Gasteiger partial charge in [-0.05, 0) is 135 Å². The predicted octanol–water partition coefficient (Wildman–Crippen LogP) is 18.9. The molecule has 2 N–H and O–H groups in total. The Morgan fingerprint density at radius 1 is 0.161 bits per heavy atom. The van der Waals surface area contributed by atoms with E-state index < -0.39 is 43.7 Å². The first-order valence-electron chi connectivity index (χ1n) is 47.8. The summed E-state index contributed by atoms with van der Waals surface area (Å²) in [5.74, 6) is 6.29. The molecule has 20 unspecified atom stereocenters. The molecule has 0 saturated carbocycles. The number of aliphatic hydroxyl groups excluding tert-OH is 2. The van der Waals surface area contributed by atoms with Gasteiger partial charge in [-0.2, -0.15) is 0 Å². The molecule has 0 aliphatic carbocycles. The van der Waals surface area contributed by atoms with Crippen LogP contribution in [0.3, 0.4) is 0 Å². The van der Waals surface area contributed by atoms with Crippen molar-refractivity contribution in [1.29, 1.82) is 0 Å². The second-order valence-electron chi connectivity index (χ2n) is 38.9. The molecule has 10 saturated heterocycles. The highest BCUT2D eigenvalue weighted by Crippen LogP contribution is 2.48. The van der Waals surface area contributed by atoms with Crippen molar-refractivity contribution in [3.8, 4) is 0 Å². The Morgan fingerprint density at radius 3 is 0.661 bits per heavy atom. The van der Waals surface area contributed by atoms with Crippen LogP contribution in [0, 0.1) is 130 Å². The van der Waals surface area contributed by atoms with Gasteiger partial charge in [0, 0.05) is 87.6 Å². The Morgan fingerprint density at radius 2 is 0.356 bits per heavy atom. The minimum absolute atomic E-state index is 0.00661. The van der Waals surface area contributed by atoms with Crippen molar-refractivity contribution in [2.45, 2.75) is 459 Å². The molecule has 10 fully saturated rings. The molecule has 0 bridgehead atoms. The summed E-state index contributed by atoms with van der Waals surface area (Å²) in [5.41, 5.74) is 0. The van der Waals surface area contributed by atoms with E-state index in [-0.39, 0.29) is 194 Å². The van der Waals surface area contributed by atoms with Crippen molar-refractivity contribution in [2.75, 3.05) is 28.4 Å². The lowest BCUT2D eigenvalue weighted by Crippen LogP contribution is -2.58. The van der Waals surface area contributed by atoms with E-state index in [0.29, 0.717) is 65.1 Å². The molecule has 10 rings (SSSR count). The summed E-state index contributed by atoms with van der Waals surface area (Å²) in [7, 11) is 6.74. The zero-order valence-electron chi connectivity index (χ0n) is 81.0. The molecule has 0 amide bonds. The average molecular weight is 1690 g/mol. The van der Waals surface area contributed by atoms with E-state index >= 15 is 0 Å². The SMILES string of the molecule is CCC1O[C@H](OC)C(O[C@@H]2OC(CC)[C@@H](C)[C@H](O)C2C)[C@@H](C)[C@@H]1C.CCC1O[C@H](OC2[C@@H](OC)OC(CC)[C@@H](C)[C@@H]2C)C(O)[C@@H](C)[C@@H]1C.CCC1O[C@H](OC2[C@@H](O[C@@H]3C(C)[C@@H](OC)OC(CC)[C@H]3C)OC(CC)[C@@H](C)[C@@H]2C)C(C)[C@@H](C)[C@@H]1C.CCC1O[C@H](O[C@@H]2C(C)[C@@H](O[C@@H]3C(C)[C@@H](OC)OC(CC)[C@H]3C)OC(CC)[C@H]2C)C(C)[C@@H](C)[C@@H]1C. The Kier molecular flexibility index (Phi) is 42.3. The molecular weight excluding hydrogens is 1510 g/mol. The molecule has 0 spiro atoms. The maximum Gasteiger partial charge on any atom is 0.184 e. The van der Waals surface area contributed by atoms with Crippen molar-refractivity contribution in [2.24, 2.45) is 130 Å². The van der Waals surface area contributed by atoms with Gasteiger partial charge >= 0.3 is 0 Å². The van der Waals surface area contributed by atoms with Crippen molar-refractivity contribution < 1.29 is 105 Å². The maximum atomic E-state index is 10.6. The summed E-state index contributed by atoms with van der Waals surface area (Å²) in [6.45, 7) is 70.3. The molecule has 50 atom stereocenters. The molecule has 0 aromatic carbocycles. The van der Waals surface area contributed by atoms with Crippen LogP contribution in [-0.4, -0.2) is 211 Å². The fourth-order valence-electron chi connectivity index (χ4n) is 21.8. The summed E-state index contributed by atoms with van der Waals surface area (Å²) in [4.78, 5) is 0. The Bertz CT molecular complexity index is 2660. The van der Waals surface area contributed by atoms with Gasteiger partial charge in [-0.25, -0.2) is 0 Å². The Balaban J connectivity index is 0.000000221. The highest BCUT2D eigenvalue weighted by atomic mass is 16.8. The Labute approximate surface area is 718 Å². The number of hydrogen-bond donors (Lipinski definition) is 2. The largest absolute Gasteiger partial charge is 0.392 e. The number of aliphatic hydroxyl groups is 2. The first kappa shape index (κ1) is 104. The van der Waals surface area contributed by atoms with E-state index in [4.69, 9.17) is 94.7 Å². The third-order valence-corrected chi connectivity index (χ3v) is 32.2. The van der Waals surface area contributed by atoms with E-state index in [1.54, 1.807) is 28.4 Å². The lowest BCUT2D eigenvalue weighted by atomic mass is 9.78. The van der Waals surface area contributed by atoms with Crippen molar-refractivity contribution >= 4 is 0 Å². The lowest BCUT2D eigenvalue weighted by Gasteiger charge is -2.51. The number of methoxy groups -OCH3 is 4. The van der Waals surface area contributed by atoms with Crippen LogP contribution in [0.1, 0.15) is 286 Å². The van der Waals surface area contributed by atoms with Crippen molar-refractivity contribution in [3.63, 3.8) is 0 Å². The molecule has 0 radical (unpaired) electrons. The zero-order valence-corrected chi connectivity index (χ0v) is 81.0. The van der Waals surface area contributed by atoms with Crippen LogP contribution in [-0.2, 0) is 94.7 Å². The third kappa shape index (κ3) is 23.8. The van der Waals surface area contributed by atoms with Crippen molar-refractivity contribution in [1.82, 2.24) is 0 Å². The zero-order chi connectivity index (χ0) is 88.1. The first-order valence-corrected chi connectivity index (χ1v) is 47.8.